The van der Waals surface area contributed by atoms with E-state index in [1.165, 1.54) is 182 Å². The normalized spacial score (nSPS) is 14.1. The van der Waals surface area contributed by atoms with E-state index in [1.807, 2.05) is 46.9 Å². The third-order valence-electron chi connectivity index (χ3n) is 22.8. The topological polar surface area (TPSA) is 25.8 Å². The maximum atomic E-state index is 5.22. The van der Waals surface area contributed by atoms with Crippen LogP contribution in [-0.2, 0) is 65.0 Å². The monoisotopic (exact) mass is 1730 g/mol. The number of thiophene rings is 4. The molecular weight excluding hydrogens is 1600 g/mol. The van der Waals surface area contributed by atoms with Crippen LogP contribution in [0.5, 0.6) is 0 Å². The van der Waals surface area contributed by atoms with Gasteiger partial charge < -0.3 is 0 Å². The van der Waals surface area contributed by atoms with Gasteiger partial charge in [0.1, 0.15) is 11.4 Å². The highest BCUT2D eigenvalue weighted by Crippen LogP contribution is 2.53. The summed E-state index contributed by atoms with van der Waals surface area (Å²) in [6.45, 7) is 86.2. The third kappa shape index (κ3) is 20.1. The summed E-state index contributed by atoms with van der Waals surface area (Å²) in [4.78, 5) is 23.2. The van der Waals surface area contributed by atoms with E-state index in [-0.39, 0.29) is 65.0 Å². The predicted octanol–water partition coefficient (Wildman–Crippen LogP) is 32.4. The minimum atomic E-state index is -0.112. The van der Waals surface area contributed by atoms with Gasteiger partial charge in [0.05, 0.1) is 21.1 Å². The zero-order chi connectivity index (χ0) is 88.5. The number of hydrogen-bond donors (Lipinski definition) is 0. The van der Waals surface area contributed by atoms with Gasteiger partial charge in [0, 0.05) is 82.7 Å². The number of benzene rings is 4. The molecule has 12 aromatic rings. The molecule has 0 fully saturated rings. The van der Waals surface area contributed by atoms with Crippen LogP contribution in [0.3, 0.4) is 0 Å². The summed E-state index contributed by atoms with van der Waals surface area (Å²) in [5.74, 6) is 14.4. The highest BCUT2D eigenvalue weighted by molar-refractivity contribution is 7.43. The zero-order valence-corrected chi connectivity index (χ0v) is 86.0. The molecule has 10 heteroatoms. The SMILES string of the molecule is CC(C)(C)c1cc(C(C)(C)C)c(P=c2c(-c3cccs3)c(-c3ccc(C#Cc4cccc(-c5cccc(C#Cc6ccc(-c7c(-c8cccs8)c(=Pc8c(C(C)(C)C)cc(C(C)(C)C)cc8C(C)(C)C)c7=Pc7c(C(C)(C)C)cc(C(C)(C)C)cc7C(C)(C)C)s6)n5)n4)s3)c2=Pc2c(C(C)(C)C)cc(C(C)(C)C)cc2C(C)(C)C)c(C(C)(C)C)c1. The Balaban J connectivity index is 0.973. The second-order valence-electron chi connectivity index (χ2n) is 45.6. The van der Waals surface area contributed by atoms with Gasteiger partial charge in [-0.1, -0.05) is 355 Å². The molecule has 12 rings (SSSR count). The van der Waals surface area contributed by atoms with Crippen molar-refractivity contribution in [2.45, 2.75) is 314 Å². The van der Waals surface area contributed by atoms with Crippen molar-refractivity contribution in [2.24, 2.45) is 0 Å². The first-order chi connectivity index (χ1) is 55.1. The molecule has 0 aliphatic carbocycles. The zero-order valence-electron chi connectivity index (χ0n) is 79.2. The van der Waals surface area contributed by atoms with Gasteiger partial charge in [0.25, 0.3) is 0 Å². The van der Waals surface area contributed by atoms with Crippen molar-refractivity contribution in [3.05, 3.63) is 252 Å². The lowest BCUT2D eigenvalue weighted by molar-refractivity contribution is 0.553. The Morgan fingerprint density at radius 2 is 0.458 bits per heavy atom. The Bertz CT molecular complexity index is 5730. The minimum absolute atomic E-state index is 0.0138. The smallest absolute Gasteiger partial charge is 0.114 e. The van der Waals surface area contributed by atoms with Crippen molar-refractivity contribution < 1.29 is 0 Å². The minimum Gasteiger partial charge on any atom is -0.238 e. The van der Waals surface area contributed by atoms with Gasteiger partial charge in [-0.05, 0) is 227 Å². The van der Waals surface area contributed by atoms with Crippen LogP contribution in [0.25, 0.3) is 53.2 Å². The number of rotatable bonds is 9. The van der Waals surface area contributed by atoms with E-state index in [1.54, 1.807) is 22.7 Å². The fraction of sp³-hybridized carbons (Fsp3) is 0.436. The lowest BCUT2D eigenvalue weighted by Crippen LogP contribution is -2.30. The average molecular weight is 1730 g/mol. The quantitative estimate of drug-likeness (QED) is 0.106. The molecule has 2 nitrogen and oxygen atoms in total. The first-order valence-electron chi connectivity index (χ1n) is 43.0. The van der Waals surface area contributed by atoms with E-state index >= 15 is 0 Å². The molecule has 0 N–H and O–H groups in total. The molecule has 0 atom stereocenters. The van der Waals surface area contributed by atoms with Gasteiger partial charge in [-0.2, -0.15) is 0 Å². The summed E-state index contributed by atoms with van der Waals surface area (Å²) in [7, 11) is 4.91. The van der Waals surface area contributed by atoms with E-state index in [2.05, 4.69) is 393 Å². The molecule has 0 aliphatic heterocycles. The summed E-state index contributed by atoms with van der Waals surface area (Å²) in [5.41, 5.74) is 24.3. The van der Waals surface area contributed by atoms with Gasteiger partial charge in [-0.25, -0.2) is 9.97 Å². The molecule has 0 aliphatic rings. The molecular formula is C110H132N2P4S4. The molecule has 0 bridgehead atoms. The standard InChI is InChI=1S/C110H132N2P4S4/c1-99(2,3)65-57-73(103(13,14)15)91(74(58-65)104(16,17)18)113-95-87(83-45-39-55-117-83)89(97(95)115-93-77(107(25,26)27)61-67(101(7,8)9)62-78(93)108(28,29)30)85-53-51-71(119-85)49-47-69-41-37-43-81(111-69)82-44-38-42-70(112-82)48-50-72-52-54-86(120-72)90-88(84-46-40-56-118-84)96(114-92-75(105(19,20)21)59-66(100(4,5)6)60-76(92)106(22,23)24)98(90)116-94-79(109(31,32)33)63-68(102(10,11)12)64-80(94)110(34,35)36/h37-46,51-64H,1-36H3. The van der Waals surface area contributed by atoms with Crippen LogP contribution in [0.1, 0.15) is 337 Å². The summed E-state index contributed by atoms with van der Waals surface area (Å²) in [6.07, 6.45) is 0. The van der Waals surface area contributed by atoms with Crippen molar-refractivity contribution in [3.8, 4) is 76.8 Å². The Kier molecular flexibility index (Phi) is 25.4. The first-order valence-corrected chi connectivity index (χ1v) is 49.9. The molecule has 6 heterocycles. The first kappa shape index (κ1) is 92.4. The lowest BCUT2D eigenvalue weighted by Gasteiger charge is -2.33. The molecule has 6 aromatic heterocycles. The van der Waals surface area contributed by atoms with Gasteiger partial charge >= 0.3 is 0 Å². The van der Waals surface area contributed by atoms with E-state index in [9.17, 15) is 0 Å². The number of pyridine rings is 2. The second kappa shape index (κ2) is 33.0. The molecule has 0 saturated heterocycles. The Morgan fingerprint density at radius 3 is 0.658 bits per heavy atom. The molecule has 0 spiro atoms. The van der Waals surface area contributed by atoms with E-state index in [0.29, 0.717) is 11.4 Å². The van der Waals surface area contributed by atoms with Crippen molar-refractivity contribution in [1.82, 2.24) is 9.97 Å². The van der Waals surface area contributed by atoms with Crippen LogP contribution < -0.4 is 21.2 Å². The van der Waals surface area contributed by atoms with Gasteiger partial charge in [0.15, 0.2) is 0 Å². The van der Waals surface area contributed by atoms with Crippen molar-refractivity contribution >= 4 is 99.4 Å². The van der Waals surface area contributed by atoms with Crippen molar-refractivity contribution in [1.29, 1.82) is 0 Å². The van der Waals surface area contributed by atoms with Crippen LogP contribution in [0.4, 0.5) is 0 Å². The second-order valence-corrected chi connectivity index (χ2v) is 54.2. The molecule has 0 saturated carbocycles. The van der Waals surface area contributed by atoms with Crippen LogP contribution in [0.2, 0.25) is 0 Å². The van der Waals surface area contributed by atoms with Crippen molar-refractivity contribution in [3.63, 3.8) is 0 Å². The van der Waals surface area contributed by atoms with E-state index < -0.39 is 0 Å². The Hall–Kier alpha value is -6.74. The van der Waals surface area contributed by atoms with Crippen LogP contribution in [0.15, 0.2) is 144 Å². The van der Waals surface area contributed by atoms with Crippen LogP contribution >= 0.6 is 78.2 Å². The summed E-state index contributed by atoms with van der Waals surface area (Å²) in [6, 6.07) is 50.9. The lowest BCUT2D eigenvalue weighted by atomic mass is 9.75. The maximum absolute atomic E-state index is 5.22. The van der Waals surface area contributed by atoms with E-state index in [4.69, 9.17) is 9.97 Å². The van der Waals surface area contributed by atoms with Crippen molar-refractivity contribution in [2.75, 3.05) is 0 Å². The summed E-state index contributed by atoms with van der Waals surface area (Å²) >= 11 is 7.29. The average Bonchev–Trinajstić information content (AvgIpc) is 1.21. The van der Waals surface area contributed by atoms with Gasteiger partial charge in [-0.15, -0.1) is 45.3 Å². The summed E-state index contributed by atoms with van der Waals surface area (Å²) < 4.78 is 0. The highest BCUT2D eigenvalue weighted by Gasteiger charge is 2.37. The number of aromatic nitrogens is 2. The summed E-state index contributed by atoms with van der Waals surface area (Å²) in [5, 5.41) is 10.2. The number of hydrogen-bond acceptors (Lipinski definition) is 6. The highest BCUT2D eigenvalue weighted by atomic mass is 32.1. The largest absolute Gasteiger partial charge is 0.238 e. The molecule has 0 amide bonds. The molecule has 626 valence electrons. The molecule has 0 unspecified atom stereocenters. The molecule has 6 aromatic carbocycles. The predicted molar refractivity (Wildman–Crippen MR) is 540 cm³/mol. The fourth-order valence-corrected chi connectivity index (χ4v) is 27.1. The third-order valence-corrected chi connectivity index (χ3v) is 32.5. The van der Waals surface area contributed by atoms with Gasteiger partial charge in [0.2, 0.25) is 0 Å². The van der Waals surface area contributed by atoms with E-state index in [0.717, 1.165) is 21.1 Å². The number of nitrogens with zero attached hydrogens (tertiary/aromatic N) is 2. The molecule has 0 radical (unpaired) electrons. The van der Waals surface area contributed by atoms with Crippen LogP contribution in [-0.4, -0.2) is 9.97 Å². The van der Waals surface area contributed by atoms with Crippen LogP contribution in [0, 0.1) is 43.4 Å². The van der Waals surface area contributed by atoms with Gasteiger partial charge in [-0.3, -0.25) is 0 Å². The Morgan fingerprint density at radius 1 is 0.233 bits per heavy atom. The Labute approximate surface area is 746 Å². The fourth-order valence-electron chi connectivity index (χ4n) is 15.5. The maximum Gasteiger partial charge on any atom is 0.114 e. The molecule has 120 heavy (non-hydrogen) atoms.